The summed E-state index contributed by atoms with van der Waals surface area (Å²) in [6.07, 6.45) is 13.4. The van der Waals surface area contributed by atoms with E-state index in [-0.39, 0.29) is 16.7 Å². The van der Waals surface area contributed by atoms with Crippen LogP contribution in [0.3, 0.4) is 0 Å². The van der Waals surface area contributed by atoms with Gasteiger partial charge < -0.3 is 10.8 Å². The van der Waals surface area contributed by atoms with Crippen LogP contribution in [-0.2, 0) is 23.6 Å². The van der Waals surface area contributed by atoms with Crippen LogP contribution in [-0.4, -0.2) is 47.1 Å². The number of nitrogens with one attached hydrogen (secondary N) is 1. The molecule has 1 amide bonds. The number of benzene rings is 2. The topological polar surface area (TPSA) is 159 Å². The first-order valence-electron chi connectivity index (χ1n) is 13.6. The summed E-state index contributed by atoms with van der Waals surface area (Å²) >= 11 is -4.83. The molecule has 0 spiro atoms. The maximum Gasteiger partial charge on any atom is 0.290 e. The molecule has 1 aliphatic rings. The summed E-state index contributed by atoms with van der Waals surface area (Å²) in [4.78, 5) is 19.1. The zero-order valence-electron chi connectivity index (χ0n) is 23.1. The summed E-state index contributed by atoms with van der Waals surface area (Å²) in [5, 5.41) is 17.6. The number of amides is 1. The van der Waals surface area contributed by atoms with E-state index in [2.05, 4.69) is 46.4 Å². The van der Waals surface area contributed by atoms with Gasteiger partial charge in [-0.2, -0.15) is 0 Å². The molecule has 0 saturated heterocycles. The van der Waals surface area contributed by atoms with Gasteiger partial charge in [0, 0.05) is 6.04 Å². The Morgan fingerprint density at radius 3 is 2.36 bits per heavy atom. The number of carbonyl (C=O) groups excluding carboxylic acids is 1. The summed E-state index contributed by atoms with van der Waals surface area (Å²) in [7, 11) is 0. The van der Waals surface area contributed by atoms with E-state index >= 15 is 0 Å². The van der Waals surface area contributed by atoms with Crippen molar-refractivity contribution in [2.24, 2.45) is 17.6 Å². The molecule has 1 fully saturated rings. The molecule has 0 aromatic heterocycles. The summed E-state index contributed by atoms with van der Waals surface area (Å²) in [5.74, 6) is 1.30. The van der Waals surface area contributed by atoms with Crippen LogP contribution in [0.15, 0.2) is 54.6 Å². The Hall–Kier alpha value is -2.42. The Morgan fingerprint density at radius 2 is 1.82 bits per heavy atom. The molecule has 0 radical (unpaired) electrons. The molecule has 0 heterocycles. The van der Waals surface area contributed by atoms with Gasteiger partial charge in [0.2, 0.25) is 0 Å². The number of nitrogens with two attached hydrogens (primary N) is 1. The number of hydrogen-bond acceptors (Lipinski definition) is 6. The molecular weight excluding hydrogens is 563 g/mol. The van der Waals surface area contributed by atoms with Gasteiger partial charge in [0.05, 0.1) is 0 Å². The Labute approximate surface area is 235 Å². The molecule has 1 saturated carbocycles. The first-order chi connectivity index (χ1) is 18.7. The smallest absolute Gasteiger partial charge is 0.290 e. The number of hydrogen-bond donors (Lipinski definition) is 5. The predicted octanol–water partition coefficient (Wildman–Crippen LogP) is 4.74. The van der Waals surface area contributed by atoms with Crippen LogP contribution < -0.4 is 15.4 Å². The number of carboxylic acid groups (broad SMARTS) is 1. The number of rotatable bonds is 13. The molecular formula is C29H45AsN2O7. The molecule has 3 rings (SSSR count). The van der Waals surface area contributed by atoms with E-state index in [0.717, 1.165) is 11.8 Å². The van der Waals surface area contributed by atoms with Crippen LogP contribution in [0.2, 0.25) is 0 Å². The minimum atomic E-state index is -4.83. The van der Waals surface area contributed by atoms with Crippen molar-refractivity contribution in [1.29, 1.82) is 0 Å². The molecule has 3 atom stereocenters. The fourth-order valence-corrected chi connectivity index (χ4v) is 5.97. The van der Waals surface area contributed by atoms with Crippen molar-refractivity contribution in [3.8, 4) is 0 Å². The molecule has 2 aromatic carbocycles. The van der Waals surface area contributed by atoms with Crippen LogP contribution in [0.5, 0.6) is 0 Å². The molecule has 0 aliphatic heterocycles. The first-order valence-corrected chi connectivity index (χ1v) is 16.9. The van der Waals surface area contributed by atoms with Crippen LogP contribution in [0.1, 0.15) is 77.2 Å². The molecule has 6 N–H and O–H groups in total. The average Bonchev–Trinajstić information content (AvgIpc) is 2.87. The molecule has 218 valence electrons. The maximum absolute atomic E-state index is 11.3. The Bertz CT molecular complexity index is 1000. The Kier molecular flexibility index (Phi) is 17.4. The third-order valence-corrected chi connectivity index (χ3v) is 9.21. The van der Waals surface area contributed by atoms with Gasteiger partial charge in [-0.3, -0.25) is 4.79 Å². The number of carbonyl (C=O) groups is 2. The van der Waals surface area contributed by atoms with Gasteiger partial charge in [-0.25, -0.2) is 0 Å². The molecule has 0 bridgehead atoms. The second-order valence-electron chi connectivity index (χ2n) is 9.93. The minimum absolute atomic E-state index is 0.0399. The van der Waals surface area contributed by atoms with Crippen molar-refractivity contribution in [2.45, 2.75) is 84.1 Å². The van der Waals surface area contributed by atoms with Crippen molar-refractivity contribution in [1.82, 2.24) is 0 Å². The maximum atomic E-state index is 11.3. The zero-order valence-corrected chi connectivity index (χ0v) is 25.0. The largest absolute Gasteiger partial charge is 0.483 e. The van der Waals surface area contributed by atoms with Gasteiger partial charge in [-0.1, -0.05) is 75.8 Å². The van der Waals surface area contributed by atoms with E-state index in [1.807, 2.05) is 0 Å². The molecule has 2 aromatic rings. The standard InChI is InChI=1S/C20H33N.C8H10AsNO5.CH2O2/c1-2-3-4-6-12-18(15-17-10-7-5-8-11-17)16-20(21)19-13-9-14-19;1-6(11)10-8-4-2-3-7(5-8)9(12,13)15-14;2-1-3/h5,7-8,10-11,18-20H,2-4,6,9,12-16,21H2,1H3;2-5,14H,1H3,(H,10,11)(H,12,13);1H,(H,2,3). The fourth-order valence-electron chi connectivity index (χ4n) is 4.57. The molecule has 39 heavy (non-hydrogen) atoms. The van der Waals surface area contributed by atoms with E-state index in [0.29, 0.717) is 11.7 Å². The van der Waals surface area contributed by atoms with Crippen molar-refractivity contribution in [2.75, 3.05) is 5.32 Å². The van der Waals surface area contributed by atoms with Gasteiger partial charge in [0.25, 0.3) is 6.47 Å². The van der Waals surface area contributed by atoms with E-state index in [1.54, 1.807) is 6.07 Å². The van der Waals surface area contributed by atoms with E-state index in [1.165, 1.54) is 94.9 Å². The second kappa shape index (κ2) is 19.6. The summed E-state index contributed by atoms with van der Waals surface area (Å²) < 4.78 is 23.9. The van der Waals surface area contributed by atoms with Crippen molar-refractivity contribution in [3.63, 3.8) is 0 Å². The minimum Gasteiger partial charge on any atom is -0.483 e. The Morgan fingerprint density at radius 1 is 1.15 bits per heavy atom. The summed E-state index contributed by atoms with van der Waals surface area (Å²) in [6, 6.07) is 17.1. The normalized spacial score (nSPS) is 15.6. The molecule has 9 nitrogen and oxygen atoms in total. The van der Waals surface area contributed by atoms with Crippen LogP contribution >= 0.6 is 0 Å². The number of anilines is 1. The van der Waals surface area contributed by atoms with Crippen molar-refractivity contribution >= 4 is 36.6 Å². The van der Waals surface area contributed by atoms with E-state index in [9.17, 15) is 12.6 Å². The fraction of sp³-hybridized carbons (Fsp3) is 0.517. The van der Waals surface area contributed by atoms with Crippen LogP contribution in [0, 0.1) is 11.8 Å². The van der Waals surface area contributed by atoms with Gasteiger partial charge in [-0.15, -0.1) is 0 Å². The monoisotopic (exact) mass is 608 g/mol. The van der Waals surface area contributed by atoms with E-state index in [4.69, 9.17) is 20.9 Å². The Balaban J connectivity index is 0.000000371. The third kappa shape index (κ3) is 14.5. The SMILES string of the molecule is CC(=O)Nc1cccc([As](=O)(O)OO)c1.CCCCCCC(Cc1ccccc1)CC(N)C1CCC1.O=CO. The van der Waals surface area contributed by atoms with Gasteiger partial charge in [0.15, 0.2) is 0 Å². The molecule has 3 unspecified atom stereocenters. The van der Waals surface area contributed by atoms with Gasteiger partial charge in [0.1, 0.15) is 0 Å². The van der Waals surface area contributed by atoms with Crippen LogP contribution in [0.4, 0.5) is 5.69 Å². The van der Waals surface area contributed by atoms with Gasteiger partial charge >= 0.3 is 88.4 Å². The van der Waals surface area contributed by atoms with Crippen molar-refractivity contribution in [3.05, 3.63) is 60.2 Å². The average molecular weight is 609 g/mol. The predicted molar refractivity (Wildman–Crippen MR) is 154 cm³/mol. The van der Waals surface area contributed by atoms with Crippen LogP contribution in [0.25, 0.3) is 0 Å². The molecule has 1 aliphatic carbocycles. The summed E-state index contributed by atoms with van der Waals surface area (Å²) in [6.45, 7) is 3.35. The van der Waals surface area contributed by atoms with Gasteiger partial charge in [-0.05, 0) is 43.1 Å². The second-order valence-corrected chi connectivity index (χ2v) is 13.5. The van der Waals surface area contributed by atoms with Crippen molar-refractivity contribution < 1.29 is 31.7 Å². The zero-order chi connectivity index (χ0) is 29.1. The number of unbranched alkanes of at least 4 members (excludes halogenated alkanes) is 3. The summed E-state index contributed by atoms with van der Waals surface area (Å²) in [5.41, 5.74) is 8.32. The molecule has 10 heteroatoms. The first kappa shape index (κ1) is 34.6. The third-order valence-electron chi connectivity index (χ3n) is 6.80. The van der Waals surface area contributed by atoms with E-state index < -0.39 is 14.2 Å². The quantitative estimate of drug-likeness (QED) is 0.0717.